The predicted octanol–water partition coefficient (Wildman–Crippen LogP) is 5.90. The number of hydrogen-bond donors (Lipinski definition) is 1. The molecule has 34 heavy (non-hydrogen) atoms. The molecule has 3 aliphatic rings. The van der Waals surface area contributed by atoms with Crippen LogP contribution in [0.2, 0.25) is 0 Å². The quantitative estimate of drug-likeness (QED) is 0.529. The number of carbonyl (C=O) groups excluding carboxylic acids is 1. The summed E-state index contributed by atoms with van der Waals surface area (Å²) >= 11 is 0. The normalized spacial score (nSPS) is 25.0. The summed E-state index contributed by atoms with van der Waals surface area (Å²) in [6, 6.07) is 8.85. The van der Waals surface area contributed by atoms with Gasteiger partial charge in [0.25, 0.3) is 0 Å². The predicted molar refractivity (Wildman–Crippen MR) is 131 cm³/mol. The Balaban J connectivity index is 1.33. The van der Waals surface area contributed by atoms with Crippen LogP contribution in [0.15, 0.2) is 30.5 Å². The number of carbonyl (C=O) groups is 2. The molecule has 1 aromatic heterocycles. The van der Waals surface area contributed by atoms with Gasteiger partial charge in [-0.1, -0.05) is 38.3 Å². The van der Waals surface area contributed by atoms with Crippen molar-refractivity contribution >= 4 is 11.9 Å². The van der Waals surface area contributed by atoms with Crippen molar-refractivity contribution in [3.8, 4) is 5.69 Å². The average Bonchev–Trinajstić information content (AvgIpc) is 3.42. The number of hydrogen-bond acceptors (Lipinski definition) is 3. The van der Waals surface area contributed by atoms with E-state index in [0.29, 0.717) is 23.4 Å². The van der Waals surface area contributed by atoms with Crippen molar-refractivity contribution in [2.45, 2.75) is 95.4 Å². The van der Waals surface area contributed by atoms with Crippen LogP contribution in [0.4, 0.5) is 0 Å². The van der Waals surface area contributed by atoms with E-state index in [-0.39, 0.29) is 11.8 Å². The molecule has 2 heterocycles. The van der Waals surface area contributed by atoms with Crippen LogP contribution in [0.3, 0.4) is 0 Å². The molecule has 0 spiro atoms. The van der Waals surface area contributed by atoms with Crippen LogP contribution in [0.25, 0.3) is 5.69 Å². The van der Waals surface area contributed by atoms with Gasteiger partial charge in [0.05, 0.1) is 17.6 Å². The van der Waals surface area contributed by atoms with Crippen LogP contribution >= 0.6 is 0 Å². The Kier molecular flexibility index (Phi) is 6.75. The summed E-state index contributed by atoms with van der Waals surface area (Å²) in [5.74, 6) is 0.244. The minimum atomic E-state index is -0.905. The summed E-state index contributed by atoms with van der Waals surface area (Å²) in [6.07, 6.45) is 13.5. The molecule has 1 aliphatic heterocycles. The number of benzene rings is 1. The van der Waals surface area contributed by atoms with Crippen LogP contribution < -0.4 is 0 Å². The number of carboxylic acid groups (broad SMARTS) is 1. The molecule has 3 atom stereocenters. The Morgan fingerprint density at radius 1 is 1.09 bits per heavy atom. The number of rotatable bonds is 8. The summed E-state index contributed by atoms with van der Waals surface area (Å²) < 4.78 is 1.83. The van der Waals surface area contributed by atoms with E-state index in [0.717, 1.165) is 75.7 Å². The first-order valence-corrected chi connectivity index (χ1v) is 13.3. The second-order valence-electron chi connectivity index (χ2n) is 10.6. The average molecular weight is 464 g/mol. The van der Waals surface area contributed by atoms with Gasteiger partial charge in [-0.25, -0.2) is 9.48 Å². The van der Waals surface area contributed by atoms with Crippen LogP contribution in [0, 0.1) is 5.92 Å². The lowest BCUT2D eigenvalue weighted by atomic mass is 9.77. The first kappa shape index (κ1) is 23.1. The highest BCUT2D eigenvalue weighted by Crippen LogP contribution is 2.43. The van der Waals surface area contributed by atoms with E-state index >= 15 is 0 Å². The van der Waals surface area contributed by atoms with Crippen LogP contribution in [0.5, 0.6) is 0 Å². The van der Waals surface area contributed by atoms with Gasteiger partial charge in [0.15, 0.2) is 0 Å². The minimum absolute atomic E-state index is 0.120. The van der Waals surface area contributed by atoms with Crippen molar-refractivity contribution in [1.29, 1.82) is 0 Å². The molecular weight excluding hydrogens is 426 g/mol. The van der Waals surface area contributed by atoms with Crippen molar-refractivity contribution < 1.29 is 14.7 Å². The fourth-order valence-corrected chi connectivity index (χ4v) is 6.21. The van der Waals surface area contributed by atoms with Crippen molar-refractivity contribution in [3.05, 3.63) is 47.3 Å². The topological polar surface area (TPSA) is 75.4 Å². The minimum Gasteiger partial charge on any atom is -0.478 e. The van der Waals surface area contributed by atoms with E-state index in [2.05, 4.69) is 35.1 Å². The third-order valence-corrected chi connectivity index (χ3v) is 8.16. The molecule has 1 amide bonds. The molecule has 2 aromatic rings. The lowest BCUT2D eigenvalue weighted by Crippen LogP contribution is -2.41. The fourth-order valence-electron chi connectivity index (χ4n) is 6.21. The van der Waals surface area contributed by atoms with Gasteiger partial charge in [-0.05, 0) is 75.0 Å². The second kappa shape index (κ2) is 9.93. The van der Waals surface area contributed by atoms with Crippen molar-refractivity contribution in [1.82, 2.24) is 14.7 Å². The summed E-state index contributed by atoms with van der Waals surface area (Å²) in [7, 11) is 0. The molecule has 0 radical (unpaired) electrons. The highest BCUT2D eigenvalue weighted by atomic mass is 16.4. The summed E-state index contributed by atoms with van der Waals surface area (Å²) in [5, 5.41) is 14.1. The van der Waals surface area contributed by atoms with Crippen molar-refractivity contribution in [2.75, 3.05) is 6.54 Å². The lowest BCUT2D eigenvalue weighted by Gasteiger charge is -2.34. The van der Waals surface area contributed by atoms with E-state index < -0.39 is 5.97 Å². The van der Waals surface area contributed by atoms with Crippen molar-refractivity contribution in [3.63, 3.8) is 0 Å². The van der Waals surface area contributed by atoms with Gasteiger partial charge < -0.3 is 10.0 Å². The van der Waals surface area contributed by atoms with E-state index in [9.17, 15) is 14.7 Å². The molecule has 2 saturated carbocycles. The van der Waals surface area contributed by atoms with E-state index in [1.54, 1.807) is 0 Å². The smallest absolute Gasteiger partial charge is 0.339 e. The molecule has 5 rings (SSSR count). The third kappa shape index (κ3) is 4.64. The highest BCUT2D eigenvalue weighted by molar-refractivity contribution is 5.89. The molecule has 1 aromatic carbocycles. The molecule has 6 nitrogen and oxygen atoms in total. The maximum atomic E-state index is 13.5. The SMILES string of the molecule is CCCC[C@@H]1CCCN1C(=O)[C@@H]1CCC[C@H](c2cccc(-n3ncc(C(=O)O)c3C3CC3)c2)C1. The van der Waals surface area contributed by atoms with E-state index in [1.807, 2.05) is 10.7 Å². The second-order valence-corrected chi connectivity index (χ2v) is 10.6. The number of nitrogens with zero attached hydrogens (tertiary/aromatic N) is 3. The molecule has 0 unspecified atom stereocenters. The maximum Gasteiger partial charge on any atom is 0.339 e. The van der Waals surface area contributed by atoms with Gasteiger partial charge in [0, 0.05) is 24.4 Å². The van der Waals surface area contributed by atoms with E-state index in [1.165, 1.54) is 24.6 Å². The summed E-state index contributed by atoms with van der Waals surface area (Å²) in [5.41, 5.74) is 3.32. The number of amides is 1. The third-order valence-electron chi connectivity index (χ3n) is 8.16. The number of aromatic carboxylic acids is 1. The Morgan fingerprint density at radius 2 is 1.94 bits per heavy atom. The molecule has 2 aliphatic carbocycles. The number of likely N-dealkylation sites (tertiary alicyclic amines) is 1. The molecule has 1 N–H and O–H groups in total. The molecule has 0 bridgehead atoms. The first-order valence-electron chi connectivity index (χ1n) is 13.3. The van der Waals surface area contributed by atoms with Gasteiger partial charge in [0.2, 0.25) is 5.91 Å². The van der Waals surface area contributed by atoms with Crippen LogP contribution in [0.1, 0.15) is 111 Å². The van der Waals surface area contributed by atoms with Gasteiger partial charge in [0.1, 0.15) is 5.56 Å². The zero-order valence-corrected chi connectivity index (χ0v) is 20.3. The molecule has 182 valence electrons. The van der Waals surface area contributed by atoms with Crippen LogP contribution in [-0.4, -0.2) is 44.3 Å². The Labute approximate surface area is 202 Å². The molecular formula is C28H37N3O3. The fraction of sp³-hybridized carbons (Fsp3) is 0.607. The standard InChI is InChI=1S/C28H37N3O3/c1-2-3-10-23-12-6-15-30(23)27(32)22-9-4-7-20(16-22)21-8-5-11-24(17-21)31-26(19-13-14-19)25(18-29-31)28(33)34/h5,8,11,17-20,22-23H,2-4,6-7,9-10,12-16H2,1H3,(H,33,34)/t20-,22+,23+/m0/s1. The summed E-state index contributed by atoms with van der Waals surface area (Å²) in [6.45, 7) is 3.15. The molecule has 1 saturated heterocycles. The zero-order chi connectivity index (χ0) is 23.7. The highest BCUT2D eigenvalue weighted by Gasteiger charge is 2.36. The largest absolute Gasteiger partial charge is 0.478 e. The zero-order valence-electron chi connectivity index (χ0n) is 20.3. The van der Waals surface area contributed by atoms with Crippen molar-refractivity contribution in [2.24, 2.45) is 5.92 Å². The number of aromatic nitrogens is 2. The number of carboxylic acids is 1. The van der Waals surface area contributed by atoms with Gasteiger partial charge in [-0.2, -0.15) is 5.10 Å². The van der Waals surface area contributed by atoms with Gasteiger partial charge in [-0.3, -0.25) is 4.79 Å². The maximum absolute atomic E-state index is 13.5. The lowest BCUT2D eigenvalue weighted by molar-refractivity contribution is -0.137. The van der Waals surface area contributed by atoms with Crippen LogP contribution in [-0.2, 0) is 4.79 Å². The Morgan fingerprint density at radius 3 is 2.71 bits per heavy atom. The first-order chi connectivity index (χ1) is 16.6. The number of unbranched alkanes of at least 4 members (excludes halogenated alkanes) is 1. The monoisotopic (exact) mass is 463 g/mol. The molecule has 6 heteroatoms. The van der Waals surface area contributed by atoms with E-state index in [4.69, 9.17) is 0 Å². The van der Waals surface area contributed by atoms with Gasteiger partial charge >= 0.3 is 5.97 Å². The van der Waals surface area contributed by atoms with Gasteiger partial charge in [-0.15, -0.1) is 0 Å². The Hall–Kier alpha value is -2.63. The Bertz CT molecular complexity index is 1040. The molecule has 3 fully saturated rings. The summed E-state index contributed by atoms with van der Waals surface area (Å²) in [4.78, 5) is 27.4.